The summed E-state index contributed by atoms with van der Waals surface area (Å²) >= 11 is 0. The molecule has 0 unspecified atom stereocenters. The third kappa shape index (κ3) is 6.66. The highest BCUT2D eigenvalue weighted by Gasteiger charge is 2.04. The Bertz CT molecular complexity index is 336. The standard InChI is InChI=1S/C13H28N6/c1-5-18(8-6-7-17(3)4)9-10-19-12-13(11-14-2)15-16-19/h12,14H,5-11H2,1-4H3. The van der Waals surface area contributed by atoms with Crippen molar-refractivity contribution in [1.82, 2.24) is 30.1 Å². The van der Waals surface area contributed by atoms with E-state index in [1.54, 1.807) is 0 Å². The molecule has 0 aliphatic carbocycles. The first-order valence-electron chi connectivity index (χ1n) is 7.06. The van der Waals surface area contributed by atoms with Crippen LogP contribution in [0.3, 0.4) is 0 Å². The molecule has 1 aromatic rings. The molecule has 1 N–H and O–H groups in total. The van der Waals surface area contributed by atoms with E-state index in [0.717, 1.165) is 45.0 Å². The second-order valence-electron chi connectivity index (χ2n) is 5.09. The minimum absolute atomic E-state index is 0.778. The molecule has 0 atom stereocenters. The van der Waals surface area contributed by atoms with Gasteiger partial charge in [-0.1, -0.05) is 12.1 Å². The largest absolute Gasteiger partial charge is 0.314 e. The van der Waals surface area contributed by atoms with Gasteiger partial charge in [-0.05, 0) is 47.2 Å². The Morgan fingerprint density at radius 3 is 2.68 bits per heavy atom. The number of aromatic nitrogens is 3. The highest BCUT2D eigenvalue weighted by atomic mass is 15.4. The average Bonchev–Trinajstić information content (AvgIpc) is 2.81. The summed E-state index contributed by atoms with van der Waals surface area (Å²) in [5.41, 5.74) is 0.998. The number of nitrogens with one attached hydrogen (secondary N) is 1. The second kappa shape index (κ2) is 9.01. The summed E-state index contributed by atoms with van der Waals surface area (Å²) in [5.74, 6) is 0. The van der Waals surface area contributed by atoms with Crippen molar-refractivity contribution >= 4 is 0 Å². The zero-order valence-electron chi connectivity index (χ0n) is 12.8. The van der Waals surface area contributed by atoms with E-state index in [4.69, 9.17) is 0 Å². The third-order valence-corrected chi connectivity index (χ3v) is 3.12. The Morgan fingerprint density at radius 1 is 1.26 bits per heavy atom. The molecule has 0 aromatic carbocycles. The van der Waals surface area contributed by atoms with Crippen LogP contribution < -0.4 is 5.32 Å². The molecule has 1 heterocycles. The van der Waals surface area contributed by atoms with Crippen LogP contribution in [0.1, 0.15) is 19.0 Å². The van der Waals surface area contributed by atoms with Gasteiger partial charge in [-0.2, -0.15) is 0 Å². The number of rotatable bonds is 10. The van der Waals surface area contributed by atoms with E-state index >= 15 is 0 Å². The van der Waals surface area contributed by atoms with Crippen molar-refractivity contribution in [2.45, 2.75) is 26.4 Å². The molecule has 0 amide bonds. The first kappa shape index (κ1) is 16.1. The van der Waals surface area contributed by atoms with Gasteiger partial charge in [0.05, 0.1) is 12.2 Å². The lowest BCUT2D eigenvalue weighted by Crippen LogP contribution is -2.30. The third-order valence-electron chi connectivity index (χ3n) is 3.12. The molecule has 1 rings (SSSR count). The van der Waals surface area contributed by atoms with Gasteiger partial charge in [0.15, 0.2) is 0 Å². The van der Waals surface area contributed by atoms with Gasteiger partial charge in [-0.15, -0.1) is 5.10 Å². The van der Waals surface area contributed by atoms with Crippen molar-refractivity contribution in [3.8, 4) is 0 Å². The van der Waals surface area contributed by atoms with Crippen molar-refractivity contribution in [1.29, 1.82) is 0 Å². The fourth-order valence-corrected chi connectivity index (χ4v) is 1.99. The molecule has 6 nitrogen and oxygen atoms in total. The van der Waals surface area contributed by atoms with Crippen LogP contribution in [0.4, 0.5) is 0 Å². The van der Waals surface area contributed by atoms with Gasteiger partial charge >= 0.3 is 0 Å². The Balaban J connectivity index is 2.27. The number of nitrogens with zero attached hydrogens (tertiary/aromatic N) is 5. The topological polar surface area (TPSA) is 49.2 Å². The Hall–Kier alpha value is -0.980. The molecule has 0 fully saturated rings. The fraction of sp³-hybridized carbons (Fsp3) is 0.846. The van der Waals surface area contributed by atoms with Crippen LogP contribution in [0.5, 0.6) is 0 Å². The van der Waals surface area contributed by atoms with Crippen molar-refractivity contribution in [3.63, 3.8) is 0 Å². The first-order valence-corrected chi connectivity index (χ1v) is 7.06. The summed E-state index contributed by atoms with van der Waals surface area (Å²) in [4.78, 5) is 4.69. The molecule has 110 valence electrons. The van der Waals surface area contributed by atoms with Crippen LogP contribution >= 0.6 is 0 Å². The van der Waals surface area contributed by atoms with E-state index < -0.39 is 0 Å². The molecule has 1 aromatic heterocycles. The number of likely N-dealkylation sites (N-methyl/N-ethyl adjacent to an activating group) is 1. The number of hydrogen-bond acceptors (Lipinski definition) is 5. The lowest BCUT2D eigenvalue weighted by atomic mass is 10.3. The normalized spacial score (nSPS) is 11.7. The Labute approximate surface area is 116 Å². The molecular formula is C13H28N6. The van der Waals surface area contributed by atoms with Crippen molar-refractivity contribution in [2.75, 3.05) is 47.3 Å². The van der Waals surface area contributed by atoms with Crippen LogP contribution in [-0.2, 0) is 13.1 Å². The van der Waals surface area contributed by atoms with Crippen LogP contribution in [0.2, 0.25) is 0 Å². The summed E-state index contributed by atoms with van der Waals surface area (Å²) in [6.45, 7) is 8.31. The molecule has 0 spiro atoms. The summed E-state index contributed by atoms with van der Waals surface area (Å²) < 4.78 is 1.93. The lowest BCUT2D eigenvalue weighted by Gasteiger charge is -2.21. The van der Waals surface area contributed by atoms with E-state index in [-0.39, 0.29) is 0 Å². The van der Waals surface area contributed by atoms with Gasteiger partial charge in [0, 0.05) is 19.3 Å². The maximum Gasteiger partial charge on any atom is 0.0964 e. The molecule has 0 saturated heterocycles. The lowest BCUT2D eigenvalue weighted by molar-refractivity contribution is 0.253. The minimum atomic E-state index is 0.778. The molecule has 0 aliphatic heterocycles. The summed E-state index contributed by atoms with van der Waals surface area (Å²) in [5, 5.41) is 11.3. The molecule has 0 saturated carbocycles. The maximum atomic E-state index is 4.14. The van der Waals surface area contributed by atoms with Crippen molar-refractivity contribution in [2.24, 2.45) is 0 Å². The number of hydrogen-bond donors (Lipinski definition) is 1. The summed E-state index contributed by atoms with van der Waals surface area (Å²) in [6, 6.07) is 0. The van der Waals surface area contributed by atoms with Gasteiger partial charge in [-0.3, -0.25) is 4.68 Å². The minimum Gasteiger partial charge on any atom is -0.314 e. The highest BCUT2D eigenvalue weighted by Crippen LogP contribution is 1.96. The fourth-order valence-electron chi connectivity index (χ4n) is 1.99. The molecular weight excluding hydrogens is 240 g/mol. The second-order valence-corrected chi connectivity index (χ2v) is 5.09. The van der Waals surface area contributed by atoms with Gasteiger partial charge in [0.1, 0.15) is 0 Å². The van der Waals surface area contributed by atoms with Crippen molar-refractivity contribution < 1.29 is 0 Å². The average molecular weight is 268 g/mol. The zero-order chi connectivity index (χ0) is 14.1. The van der Waals surface area contributed by atoms with E-state index in [2.05, 4.69) is 46.4 Å². The van der Waals surface area contributed by atoms with Gasteiger partial charge in [0.2, 0.25) is 0 Å². The Kier molecular flexibility index (Phi) is 7.62. The van der Waals surface area contributed by atoms with Gasteiger partial charge in [-0.25, -0.2) is 0 Å². The van der Waals surface area contributed by atoms with Crippen LogP contribution in [-0.4, -0.2) is 72.1 Å². The van der Waals surface area contributed by atoms with Crippen molar-refractivity contribution in [3.05, 3.63) is 11.9 Å². The van der Waals surface area contributed by atoms with E-state index in [1.807, 2.05) is 17.9 Å². The van der Waals surface area contributed by atoms with Gasteiger partial charge in [0.25, 0.3) is 0 Å². The monoisotopic (exact) mass is 268 g/mol. The first-order chi connectivity index (χ1) is 9.15. The quantitative estimate of drug-likeness (QED) is 0.660. The predicted octanol–water partition coefficient (Wildman–Crippen LogP) is 0.271. The maximum absolute atomic E-state index is 4.14. The van der Waals surface area contributed by atoms with Crippen LogP contribution in [0.15, 0.2) is 6.20 Å². The molecule has 19 heavy (non-hydrogen) atoms. The molecule has 0 bridgehead atoms. The van der Waals surface area contributed by atoms with Crippen LogP contribution in [0, 0.1) is 0 Å². The van der Waals surface area contributed by atoms with E-state index in [1.165, 1.54) is 6.42 Å². The van der Waals surface area contributed by atoms with E-state index in [0.29, 0.717) is 0 Å². The summed E-state index contributed by atoms with van der Waals surface area (Å²) in [6.07, 6.45) is 3.23. The zero-order valence-corrected chi connectivity index (χ0v) is 12.8. The SMILES string of the molecule is CCN(CCCN(C)C)CCn1cc(CNC)nn1. The smallest absolute Gasteiger partial charge is 0.0964 e. The molecule has 0 radical (unpaired) electrons. The van der Waals surface area contributed by atoms with Gasteiger partial charge < -0.3 is 15.1 Å². The molecule has 6 heteroatoms. The summed E-state index contributed by atoms with van der Waals surface area (Å²) in [7, 11) is 6.16. The highest BCUT2D eigenvalue weighted by molar-refractivity contribution is 4.91. The predicted molar refractivity (Wildman–Crippen MR) is 78.1 cm³/mol. The van der Waals surface area contributed by atoms with E-state index in [9.17, 15) is 0 Å². The molecule has 0 aliphatic rings. The Morgan fingerprint density at radius 2 is 2.05 bits per heavy atom. The van der Waals surface area contributed by atoms with Crippen LogP contribution in [0.25, 0.3) is 0 Å².